The lowest BCUT2D eigenvalue weighted by Crippen LogP contribution is -2.52. The van der Waals surface area contributed by atoms with E-state index in [4.69, 9.17) is 22.1 Å². The van der Waals surface area contributed by atoms with E-state index in [0.717, 1.165) is 45.3 Å². The van der Waals surface area contributed by atoms with Gasteiger partial charge in [-0.15, -0.1) is 0 Å². The molecule has 7 heteroatoms. The van der Waals surface area contributed by atoms with Crippen LogP contribution in [0.4, 0.5) is 0 Å². The molecule has 0 spiro atoms. The first-order valence-electron chi connectivity index (χ1n) is 11.0. The van der Waals surface area contributed by atoms with Gasteiger partial charge >= 0.3 is 0 Å². The fourth-order valence-electron chi connectivity index (χ4n) is 4.79. The van der Waals surface area contributed by atoms with E-state index in [2.05, 4.69) is 18.7 Å². The monoisotopic (exact) mass is 435 g/mol. The van der Waals surface area contributed by atoms with Gasteiger partial charge in [0.05, 0.1) is 6.61 Å². The number of piperidine rings is 2. The molecule has 0 unspecified atom stereocenters. The average molecular weight is 436 g/mol. The van der Waals surface area contributed by atoms with E-state index in [1.165, 1.54) is 0 Å². The molecule has 2 heterocycles. The van der Waals surface area contributed by atoms with Crippen LogP contribution in [0.15, 0.2) is 24.3 Å². The summed E-state index contributed by atoms with van der Waals surface area (Å²) < 4.78 is 6.01. The van der Waals surface area contributed by atoms with Crippen molar-refractivity contribution in [2.45, 2.75) is 52.0 Å². The summed E-state index contributed by atoms with van der Waals surface area (Å²) >= 11 is 6.06. The van der Waals surface area contributed by atoms with Crippen molar-refractivity contribution in [3.63, 3.8) is 0 Å². The highest BCUT2D eigenvalue weighted by molar-refractivity contribution is 6.30. The Hall–Kier alpha value is -1.79. The number of carbonyl (C=O) groups excluding carboxylic acids is 2. The summed E-state index contributed by atoms with van der Waals surface area (Å²) in [4.78, 5) is 29.5. The van der Waals surface area contributed by atoms with Gasteiger partial charge in [-0.1, -0.05) is 17.7 Å². The minimum absolute atomic E-state index is 0.0678. The number of likely N-dealkylation sites (tertiary alicyclic amines) is 2. The molecule has 3 rings (SSSR count). The third-order valence-electron chi connectivity index (χ3n) is 6.47. The van der Waals surface area contributed by atoms with E-state index < -0.39 is 5.41 Å². The molecule has 30 heavy (non-hydrogen) atoms. The van der Waals surface area contributed by atoms with Crippen molar-refractivity contribution < 1.29 is 14.3 Å². The van der Waals surface area contributed by atoms with Crippen molar-refractivity contribution >= 4 is 23.4 Å². The first-order chi connectivity index (χ1) is 14.3. The van der Waals surface area contributed by atoms with Crippen molar-refractivity contribution in [1.29, 1.82) is 0 Å². The molecule has 2 amide bonds. The normalized spacial score (nSPS) is 23.5. The first-order valence-corrected chi connectivity index (χ1v) is 11.4. The number of hydrogen-bond acceptors (Lipinski definition) is 4. The lowest BCUT2D eigenvalue weighted by atomic mass is 9.77. The minimum Gasteiger partial charge on any atom is -0.493 e. The molecule has 2 aliphatic rings. The van der Waals surface area contributed by atoms with Crippen molar-refractivity contribution in [3.8, 4) is 5.75 Å². The van der Waals surface area contributed by atoms with Crippen LogP contribution in [0, 0.1) is 11.3 Å². The van der Waals surface area contributed by atoms with E-state index in [-0.39, 0.29) is 24.2 Å². The molecule has 1 atom stereocenters. The van der Waals surface area contributed by atoms with E-state index in [1.54, 1.807) is 12.1 Å². The minimum atomic E-state index is -0.458. The summed E-state index contributed by atoms with van der Waals surface area (Å²) in [6.07, 6.45) is 3.67. The number of carbonyl (C=O) groups is 2. The first kappa shape index (κ1) is 22.9. The second-order valence-electron chi connectivity index (χ2n) is 9.16. The number of benzene rings is 1. The number of primary amides is 1. The fourth-order valence-corrected chi connectivity index (χ4v) is 4.97. The van der Waals surface area contributed by atoms with E-state index in [0.29, 0.717) is 30.0 Å². The van der Waals surface area contributed by atoms with Crippen LogP contribution in [0.25, 0.3) is 0 Å². The number of amides is 2. The Morgan fingerprint density at radius 2 is 2.00 bits per heavy atom. The number of halogens is 1. The summed E-state index contributed by atoms with van der Waals surface area (Å²) in [5.41, 5.74) is 5.13. The quantitative estimate of drug-likeness (QED) is 0.712. The van der Waals surface area contributed by atoms with Gasteiger partial charge in [-0.2, -0.15) is 0 Å². The molecule has 0 saturated carbocycles. The highest BCUT2D eigenvalue weighted by Gasteiger charge is 2.41. The second-order valence-corrected chi connectivity index (χ2v) is 9.59. The van der Waals surface area contributed by atoms with Gasteiger partial charge in [-0.25, -0.2) is 0 Å². The van der Waals surface area contributed by atoms with Crippen LogP contribution in [0.1, 0.15) is 46.0 Å². The zero-order valence-electron chi connectivity index (χ0n) is 18.1. The topological polar surface area (TPSA) is 75.9 Å². The van der Waals surface area contributed by atoms with Gasteiger partial charge in [0.2, 0.25) is 11.8 Å². The Morgan fingerprint density at radius 3 is 2.63 bits per heavy atom. The Labute approximate surface area is 184 Å². The molecular formula is C23H34ClN3O3. The van der Waals surface area contributed by atoms with Crippen molar-refractivity contribution in [2.75, 3.05) is 32.8 Å². The number of ether oxygens (including phenoxy) is 1. The summed E-state index contributed by atoms with van der Waals surface area (Å²) in [5, 5.41) is 0.602. The summed E-state index contributed by atoms with van der Waals surface area (Å²) in [6, 6.07) is 7.74. The zero-order chi connectivity index (χ0) is 21.7. The number of rotatable bonds is 7. The largest absolute Gasteiger partial charge is 0.493 e. The van der Waals surface area contributed by atoms with Gasteiger partial charge in [0.1, 0.15) is 5.75 Å². The summed E-state index contributed by atoms with van der Waals surface area (Å²) in [5.74, 6) is 0.591. The van der Waals surface area contributed by atoms with Gasteiger partial charge in [-0.3, -0.25) is 9.59 Å². The maximum atomic E-state index is 13.3. The Balaban J connectivity index is 1.66. The lowest BCUT2D eigenvalue weighted by Gasteiger charge is -2.44. The Bertz CT molecular complexity index is 749. The Kier molecular flexibility index (Phi) is 7.64. The van der Waals surface area contributed by atoms with E-state index >= 15 is 0 Å². The van der Waals surface area contributed by atoms with Crippen LogP contribution in [0.5, 0.6) is 5.75 Å². The number of hydrogen-bond donors (Lipinski definition) is 1. The zero-order valence-corrected chi connectivity index (χ0v) is 18.9. The van der Waals surface area contributed by atoms with Crippen molar-refractivity contribution in [3.05, 3.63) is 29.3 Å². The predicted octanol–water partition coefficient (Wildman–Crippen LogP) is 3.32. The standard InChI is InChI=1S/C23H34ClN3O3/c1-17(2)26-11-7-18(8-12-26)22(29)27-10-4-9-23(15-27,14-21(25)28)16-30-20-6-3-5-19(24)13-20/h3,5-6,13,17-18H,4,7-12,14-16H2,1-2H3,(H2,25,28)/t23-/m1/s1. The van der Waals surface area contributed by atoms with Crippen LogP contribution in [-0.2, 0) is 9.59 Å². The van der Waals surface area contributed by atoms with Crippen LogP contribution in [-0.4, -0.2) is 60.4 Å². The molecule has 166 valence electrons. The van der Waals surface area contributed by atoms with Gasteiger partial charge in [0, 0.05) is 41.9 Å². The van der Waals surface area contributed by atoms with Crippen LogP contribution in [0.3, 0.4) is 0 Å². The van der Waals surface area contributed by atoms with Gasteiger partial charge in [-0.05, 0) is 70.8 Å². The lowest BCUT2D eigenvalue weighted by molar-refractivity contribution is -0.143. The molecule has 1 aromatic carbocycles. The predicted molar refractivity (Wildman–Crippen MR) is 118 cm³/mol. The van der Waals surface area contributed by atoms with Crippen LogP contribution in [0.2, 0.25) is 5.02 Å². The highest BCUT2D eigenvalue weighted by atomic mass is 35.5. The molecule has 2 fully saturated rings. The molecule has 0 bridgehead atoms. The summed E-state index contributed by atoms with van der Waals surface area (Å²) in [6.45, 7) is 7.92. The molecule has 0 aromatic heterocycles. The molecule has 2 N–H and O–H groups in total. The molecule has 2 aliphatic heterocycles. The van der Waals surface area contributed by atoms with Gasteiger partial charge < -0.3 is 20.3 Å². The molecule has 0 radical (unpaired) electrons. The Morgan fingerprint density at radius 1 is 1.27 bits per heavy atom. The third-order valence-corrected chi connectivity index (χ3v) is 6.71. The average Bonchev–Trinajstić information content (AvgIpc) is 2.71. The van der Waals surface area contributed by atoms with Crippen molar-refractivity contribution in [2.24, 2.45) is 17.1 Å². The molecule has 2 saturated heterocycles. The maximum absolute atomic E-state index is 13.3. The molecule has 6 nitrogen and oxygen atoms in total. The summed E-state index contributed by atoms with van der Waals surface area (Å²) in [7, 11) is 0. The fraction of sp³-hybridized carbons (Fsp3) is 0.652. The van der Waals surface area contributed by atoms with E-state index in [1.807, 2.05) is 17.0 Å². The highest BCUT2D eigenvalue weighted by Crippen LogP contribution is 2.36. The molecule has 1 aromatic rings. The number of nitrogens with zero attached hydrogens (tertiary/aromatic N) is 2. The molecule has 0 aliphatic carbocycles. The third kappa shape index (κ3) is 5.88. The molecular weight excluding hydrogens is 402 g/mol. The SMILES string of the molecule is CC(C)N1CCC(C(=O)N2CCC[C@@](COc3cccc(Cl)c3)(CC(N)=O)C2)CC1. The van der Waals surface area contributed by atoms with Crippen LogP contribution >= 0.6 is 11.6 Å². The second kappa shape index (κ2) is 10.0. The van der Waals surface area contributed by atoms with Gasteiger partial charge in [0.15, 0.2) is 0 Å². The van der Waals surface area contributed by atoms with Crippen molar-refractivity contribution in [1.82, 2.24) is 9.80 Å². The maximum Gasteiger partial charge on any atom is 0.225 e. The van der Waals surface area contributed by atoms with E-state index in [9.17, 15) is 9.59 Å². The smallest absolute Gasteiger partial charge is 0.225 e. The number of nitrogens with two attached hydrogens (primary N) is 1. The van der Waals surface area contributed by atoms with Gasteiger partial charge in [0.25, 0.3) is 0 Å². The van der Waals surface area contributed by atoms with Crippen LogP contribution < -0.4 is 10.5 Å².